The molecule has 7 nitrogen and oxygen atoms in total. The van der Waals surface area contributed by atoms with Crippen LogP contribution >= 0.6 is 0 Å². The normalized spacial score (nSPS) is 32.4. The van der Waals surface area contributed by atoms with Crippen LogP contribution in [0.2, 0.25) is 0 Å². The molecule has 0 spiro atoms. The Balaban J connectivity index is 2.38. The van der Waals surface area contributed by atoms with E-state index in [-0.39, 0.29) is 12.0 Å². The van der Waals surface area contributed by atoms with E-state index in [9.17, 15) is 9.70 Å². The molecule has 3 atom stereocenters. The number of nitrogens with one attached hydrogen (secondary N) is 1. The molecule has 1 heterocycles. The first-order chi connectivity index (χ1) is 9.85. The molecule has 0 radical (unpaired) electrons. The van der Waals surface area contributed by atoms with Gasteiger partial charge in [0, 0.05) is 12.3 Å². The smallest absolute Gasteiger partial charge is 0.288 e. The van der Waals surface area contributed by atoms with Gasteiger partial charge in [-0.2, -0.15) is 15.7 Å². The number of nitroso groups, excluding NO2 is 1. The molecular weight excluding hydrogens is 274 g/mol. The van der Waals surface area contributed by atoms with Gasteiger partial charge in [-0.1, -0.05) is 12.1 Å². The third-order valence-electron chi connectivity index (χ3n) is 4.63. The predicted octanol–water partition coefficient (Wildman–Crippen LogP) is 1.85. The van der Waals surface area contributed by atoms with Gasteiger partial charge in [0.15, 0.2) is 5.60 Å². The minimum Gasteiger partial charge on any atom is -0.477 e. The van der Waals surface area contributed by atoms with Gasteiger partial charge in [-0.05, 0) is 43.9 Å². The van der Waals surface area contributed by atoms with Gasteiger partial charge in [-0.15, -0.1) is 0 Å². The standard InChI is InChI=1S/C14H21N3O4/c1-7-8(2)12-10(9(3)11(7)16-19)5-6-14(4,20-12)13(18)17-21-15/h7,11H,5-6,15H2,1-4H3,(H,17,18). The fourth-order valence-corrected chi connectivity index (χ4v) is 3.00. The summed E-state index contributed by atoms with van der Waals surface area (Å²) in [6.45, 7) is 7.45. The molecule has 116 valence electrons. The highest BCUT2D eigenvalue weighted by Gasteiger charge is 2.44. The second-order valence-corrected chi connectivity index (χ2v) is 5.89. The Kier molecular flexibility index (Phi) is 4.15. The summed E-state index contributed by atoms with van der Waals surface area (Å²) in [7, 11) is 0. The molecule has 0 aromatic carbocycles. The maximum absolute atomic E-state index is 12.0. The lowest BCUT2D eigenvalue weighted by Gasteiger charge is -2.41. The van der Waals surface area contributed by atoms with Crippen LogP contribution in [0.25, 0.3) is 0 Å². The molecule has 0 bridgehead atoms. The zero-order valence-corrected chi connectivity index (χ0v) is 12.7. The van der Waals surface area contributed by atoms with E-state index >= 15 is 0 Å². The lowest BCUT2D eigenvalue weighted by atomic mass is 9.77. The van der Waals surface area contributed by atoms with Crippen LogP contribution in [0.15, 0.2) is 27.7 Å². The quantitative estimate of drug-likeness (QED) is 0.611. The monoisotopic (exact) mass is 295 g/mol. The minimum atomic E-state index is -1.04. The Morgan fingerprint density at radius 3 is 2.71 bits per heavy atom. The van der Waals surface area contributed by atoms with Crippen molar-refractivity contribution in [2.75, 3.05) is 0 Å². The van der Waals surface area contributed by atoms with Crippen molar-refractivity contribution >= 4 is 5.91 Å². The number of hydrogen-bond acceptors (Lipinski definition) is 6. The second kappa shape index (κ2) is 5.57. The number of hydroxylamine groups is 1. The van der Waals surface area contributed by atoms with Crippen molar-refractivity contribution in [3.8, 4) is 0 Å². The first kappa shape index (κ1) is 15.7. The fraction of sp³-hybridized carbons (Fsp3) is 0.643. The van der Waals surface area contributed by atoms with Crippen molar-refractivity contribution in [3.63, 3.8) is 0 Å². The largest absolute Gasteiger partial charge is 0.477 e. The third kappa shape index (κ3) is 2.47. The van der Waals surface area contributed by atoms with Crippen molar-refractivity contribution in [2.45, 2.75) is 52.2 Å². The van der Waals surface area contributed by atoms with E-state index in [1.54, 1.807) is 6.92 Å². The fourth-order valence-electron chi connectivity index (χ4n) is 3.00. The molecule has 1 amide bonds. The van der Waals surface area contributed by atoms with E-state index in [1.165, 1.54) is 0 Å². The molecule has 1 aliphatic carbocycles. The molecule has 0 aromatic rings. The van der Waals surface area contributed by atoms with Crippen LogP contribution in [-0.4, -0.2) is 17.6 Å². The zero-order valence-electron chi connectivity index (χ0n) is 12.7. The first-order valence-electron chi connectivity index (χ1n) is 6.94. The summed E-state index contributed by atoms with van der Waals surface area (Å²) in [5.41, 5.74) is 3.92. The zero-order chi connectivity index (χ0) is 15.8. The number of fused-ring (bicyclic) bond motifs is 1. The molecule has 2 rings (SSSR count). The third-order valence-corrected chi connectivity index (χ3v) is 4.63. The van der Waals surface area contributed by atoms with Crippen LogP contribution < -0.4 is 11.4 Å². The van der Waals surface area contributed by atoms with Gasteiger partial charge in [0.05, 0.1) is 0 Å². The molecule has 3 N–H and O–H groups in total. The number of nitrogens with two attached hydrogens (primary N) is 1. The summed E-state index contributed by atoms with van der Waals surface area (Å²) in [6.07, 6.45) is 1.12. The molecule has 0 saturated carbocycles. The number of ether oxygens (including phenoxy) is 1. The Morgan fingerprint density at radius 1 is 1.48 bits per heavy atom. The molecular formula is C14H21N3O4. The molecule has 1 aliphatic heterocycles. The van der Waals surface area contributed by atoms with Crippen LogP contribution in [0.5, 0.6) is 0 Å². The maximum Gasteiger partial charge on any atom is 0.288 e. The SMILES string of the molecule is CC1=C2OC(C)(C(=O)NON)CCC2=C(C)C(N=O)C1C. The average molecular weight is 295 g/mol. The summed E-state index contributed by atoms with van der Waals surface area (Å²) in [5.74, 6) is 5.10. The van der Waals surface area contributed by atoms with Gasteiger partial charge in [-0.25, -0.2) is 5.48 Å². The Morgan fingerprint density at radius 2 is 2.14 bits per heavy atom. The molecule has 2 aliphatic rings. The van der Waals surface area contributed by atoms with Gasteiger partial charge < -0.3 is 4.74 Å². The minimum absolute atomic E-state index is 0.0441. The van der Waals surface area contributed by atoms with E-state index in [4.69, 9.17) is 10.6 Å². The lowest BCUT2D eigenvalue weighted by Crippen LogP contribution is -2.49. The highest BCUT2D eigenvalue weighted by molar-refractivity contribution is 5.84. The summed E-state index contributed by atoms with van der Waals surface area (Å²) >= 11 is 0. The highest BCUT2D eigenvalue weighted by atomic mass is 16.8. The van der Waals surface area contributed by atoms with E-state index in [1.807, 2.05) is 20.8 Å². The summed E-state index contributed by atoms with van der Waals surface area (Å²) < 4.78 is 5.97. The summed E-state index contributed by atoms with van der Waals surface area (Å²) in [5, 5.41) is 3.24. The molecule has 0 aromatic heterocycles. The van der Waals surface area contributed by atoms with Gasteiger partial charge in [0.2, 0.25) is 0 Å². The number of nitrogens with zero attached hydrogens (tertiary/aromatic N) is 1. The number of allylic oxidation sites excluding steroid dienone is 1. The maximum atomic E-state index is 12.0. The highest BCUT2D eigenvalue weighted by Crippen LogP contribution is 2.44. The predicted molar refractivity (Wildman–Crippen MR) is 76.3 cm³/mol. The average Bonchev–Trinajstić information content (AvgIpc) is 2.45. The van der Waals surface area contributed by atoms with Crippen LogP contribution in [0.4, 0.5) is 0 Å². The second-order valence-electron chi connectivity index (χ2n) is 5.89. The van der Waals surface area contributed by atoms with Crippen LogP contribution in [0.3, 0.4) is 0 Å². The molecule has 3 unspecified atom stereocenters. The Hall–Kier alpha value is -1.73. The van der Waals surface area contributed by atoms with E-state index in [2.05, 4.69) is 15.6 Å². The van der Waals surface area contributed by atoms with Crippen molar-refractivity contribution < 1.29 is 14.5 Å². The molecule has 1 saturated heterocycles. The van der Waals surface area contributed by atoms with Crippen molar-refractivity contribution in [2.24, 2.45) is 17.0 Å². The molecule has 7 heteroatoms. The van der Waals surface area contributed by atoms with Crippen molar-refractivity contribution in [1.29, 1.82) is 0 Å². The molecule has 1 fully saturated rings. The number of hydrogen-bond donors (Lipinski definition) is 2. The first-order valence-corrected chi connectivity index (χ1v) is 6.94. The van der Waals surface area contributed by atoms with Gasteiger partial charge in [0.25, 0.3) is 5.91 Å². The Bertz CT molecular complexity index is 540. The van der Waals surface area contributed by atoms with E-state index in [0.717, 1.165) is 16.7 Å². The number of carbonyl (C=O) groups is 1. The van der Waals surface area contributed by atoms with Gasteiger partial charge in [-0.3, -0.25) is 4.79 Å². The van der Waals surface area contributed by atoms with Crippen LogP contribution in [-0.2, 0) is 14.5 Å². The summed E-state index contributed by atoms with van der Waals surface area (Å²) in [6, 6.07) is -0.363. The van der Waals surface area contributed by atoms with E-state index in [0.29, 0.717) is 18.6 Å². The van der Waals surface area contributed by atoms with Crippen molar-refractivity contribution in [3.05, 3.63) is 27.4 Å². The van der Waals surface area contributed by atoms with Crippen LogP contribution in [0, 0.1) is 10.8 Å². The summed E-state index contributed by atoms with van der Waals surface area (Å²) in [4.78, 5) is 27.3. The molecule has 21 heavy (non-hydrogen) atoms. The number of rotatable bonds is 3. The van der Waals surface area contributed by atoms with Gasteiger partial charge >= 0.3 is 0 Å². The van der Waals surface area contributed by atoms with E-state index < -0.39 is 11.5 Å². The topological polar surface area (TPSA) is 103 Å². The number of carbonyl (C=O) groups excluding carboxylic acids is 1. The van der Waals surface area contributed by atoms with Crippen LogP contribution in [0.1, 0.15) is 40.5 Å². The number of amides is 1. The van der Waals surface area contributed by atoms with Crippen molar-refractivity contribution in [1.82, 2.24) is 5.48 Å². The van der Waals surface area contributed by atoms with Gasteiger partial charge in [0.1, 0.15) is 11.8 Å². The Labute approximate surface area is 123 Å². The lowest BCUT2D eigenvalue weighted by molar-refractivity contribution is -0.156.